The number of amides is 1. The molecule has 1 fully saturated rings. The lowest BCUT2D eigenvalue weighted by Gasteiger charge is -2.17. The van der Waals surface area contributed by atoms with Crippen molar-refractivity contribution in [2.75, 3.05) is 7.11 Å². The Balaban J connectivity index is 1.85. The van der Waals surface area contributed by atoms with Crippen molar-refractivity contribution in [3.05, 3.63) is 56.4 Å². The number of hydrogen-bond acceptors (Lipinski definition) is 5. The maximum absolute atomic E-state index is 12.3. The molecule has 29 heavy (non-hydrogen) atoms. The Labute approximate surface area is 187 Å². The van der Waals surface area contributed by atoms with Gasteiger partial charge in [-0.15, -0.1) is 0 Å². The molecule has 1 saturated heterocycles. The van der Waals surface area contributed by atoms with E-state index in [1.54, 1.807) is 25.3 Å². The normalized spacial score (nSPS) is 17.5. The van der Waals surface area contributed by atoms with E-state index in [4.69, 9.17) is 21.1 Å². The van der Waals surface area contributed by atoms with Crippen LogP contribution in [0.3, 0.4) is 0 Å². The minimum absolute atomic E-state index is 0.0131. The van der Waals surface area contributed by atoms with E-state index in [0.717, 1.165) is 22.1 Å². The van der Waals surface area contributed by atoms with Gasteiger partial charge in [-0.05, 0) is 73.1 Å². The van der Waals surface area contributed by atoms with Crippen molar-refractivity contribution in [1.29, 1.82) is 0 Å². The van der Waals surface area contributed by atoms with Gasteiger partial charge in [-0.2, -0.15) is 0 Å². The van der Waals surface area contributed by atoms with E-state index in [1.807, 2.05) is 38.1 Å². The predicted molar refractivity (Wildman–Crippen MR) is 123 cm³/mol. The number of ether oxygens (including phenoxy) is 2. The van der Waals surface area contributed by atoms with Crippen molar-refractivity contribution in [2.24, 2.45) is 4.99 Å². The molecule has 0 aliphatic carbocycles. The summed E-state index contributed by atoms with van der Waals surface area (Å²) in [5.41, 5.74) is 1.50. The Bertz CT molecular complexity index is 977. The van der Waals surface area contributed by atoms with Crippen LogP contribution < -0.4 is 14.8 Å². The van der Waals surface area contributed by atoms with Gasteiger partial charge in [-0.3, -0.25) is 4.79 Å². The second-order valence-corrected chi connectivity index (χ2v) is 8.68. The molecule has 1 aliphatic heterocycles. The first-order valence-corrected chi connectivity index (χ1v) is 11.0. The van der Waals surface area contributed by atoms with E-state index >= 15 is 0 Å². The molecule has 1 atom stereocenters. The third-order valence-electron chi connectivity index (χ3n) is 4.15. The number of carbonyl (C=O) groups excluding carboxylic acids is 1. The highest BCUT2D eigenvalue weighted by atomic mass is 79.9. The van der Waals surface area contributed by atoms with Crippen molar-refractivity contribution < 1.29 is 14.3 Å². The Hall–Kier alpha value is -1.96. The largest absolute Gasteiger partial charge is 0.493 e. The quantitative estimate of drug-likeness (QED) is 0.486. The first-order chi connectivity index (χ1) is 13.9. The van der Waals surface area contributed by atoms with Crippen molar-refractivity contribution in [2.45, 2.75) is 26.4 Å². The topological polar surface area (TPSA) is 59.9 Å². The van der Waals surface area contributed by atoms with Gasteiger partial charge in [0.1, 0.15) is 0 Å². The third-order valence-corrected chi connectivity index (χ3v) is 5.87. The van der Waals surface area contributed by atoms with E-state index in [1.165, 1.54) is 11.8 Å². The smallest absolute Gasteiger partial charge is 0.264 e. The number of aliphatic imine (C=N–C) groups is 1. The number of carbonyl (C=O) groups is 1. The molecule has 1 aliphatic rings. The molecular weight excluding hydrogens is 476 g/mol. The SMILES string of the molecule is CC[C@H](C)Oc1c(Cl)cc(/C=C2\SC(=Nc3ccc(Br)cc3)NC2=O)cc1OC. The van der Waals surface area contributed by atoms with Gasteiger partial charge in [0.2, 0.25) is 0 Å². The van der Waals surface area contributed by atoms with Crippen molar-refractivity contribution in [3.63, 3.8) is 0 Å². The van der Waals surface area contributed by atoms with Crippen LogP contribution in [-0.4, -0.2) is 24.3 Å². The fraction of sp³-hybridized carbons (Fsp3) is 0.238. The van der Waals surface area contributed by atoms with E-state index in [2.05, 4.69) is 26.2 Å². The third kappa shape index (κ3) is 5.56. The summed E-state index contributed by atoms with van der Waals surface area (Å²) in [5, 5.41) is 3.74. The molecule has 1 N–H and O–H groups in total. The zero-order valence-electron chi connectivity index (χ0n) is 16.2. The lowest BCUT2D eigenvalue weighted by Crippen LogP contribution is -2.19. The number of benzene rings is 2. The fourth-order valence-electron chi connectivity index (χ4n) is 2.49. The van der Waals surface area contributed by atoms with E-state index in [0.29, 0.717) is 26.6 Å². The standard InChI is InChI=1S/C21H20BrClN2O3S/c1-4-12(2)28-19-16(23)9-13(10-17(19)27-3)11-18-20(26)25-21(29-18)24-15-7-5-14(22)6-8-15/h5-12H,4H2,1-3H3,(H,24,25,26)/b18-11-/t12-/m0/s1. The Kier molecular flexibility index (Phi) is 7.27. The molecule has 0 aromatic heterocycles. The Morgan fingerprint density at radius 1 is 1.31 bits per heavy atom. The predicted octanol–water partition coefficient (Wildman–Crippen LogP) is 6.18. The molecule has 0 radical (unpaired) electrons. The summed E-state index contributed by atoms with van der Waals surface area (Å²) < 4.78 is 12.3. The van der Waals surface area contributed by atoms with Crippen molar-refractivity contribution in [1.82, 2.24) is 5.32 Å². The lowest BCUT2D eigenvalue weighted by molar-refractivity contribution is -0.115. The summed E-state index contributed by atoms with van der Waals surface area (Å²) in [5.74, 6) is 0.823. The van der Waals surface area contributed by atoms with Crippen LogP contribution in [0.4, 0.5) is 5.69 Å². The molecule has 5 nitrogen and oxygen atoms in total. The minimum atomic E-state index is -0.208. The molecule has 2 aromatic rings. The molecule has 1 heterocycles. The Morgan fingerprint density at radius 2 is 2.03 bits per heavy atom. The molecule has 1 amide bonds. The van der Waals surface area contributed by atoms with E-state index in [9.17, 15) is 4.79 Å². The maximum Gasteiger partial charge on any atom is 0.264 e. The number of thioether (sulfide) groups is 1. The van der Waals surface area contributed by atoms with E-state index in [-0.39, 0.29) is 12.0 Å². The summed E-state index contributed by atoms with van der Waals surface area (Å²) in [6, 6.07) is 11.1. The molecule has 0 bridgehead atoms. The molecule has 2 aromatic carbocycles. The second kappa shape index (κ2) is 9.69. The Morgan fingerprint density at radius 3 is 2.69 bits per heavy atom. The van der Waals surface area contributed by atoms with Gasteiger partial charge >= 0.3 is 0 Å². The van der Waals surface area contributed by atoms with Gasteiger partial charge in [-0.1, -0.05) is 34.5 Å². The van der Waals surface area contributed by atoms with Crippen molar-refractivity contribution in [3.8, 4) is 11.5 Å². The van der Waals surface area contributed by atoms with Gasteiger partial charge in [0, 0.05) is 4.47 Å². The average molecular weight is 496 g/mol. The monoisotopic (exact) mass is 494 g/mol. The van der Waals surface area contributed by atoms with Crippen LogP contribution in [0, 0.1) is 0 Å². The summed E-state index contributed by atoms with van der Waals surface area (Å²) in [4.78, 5) is 17.3. The zero-order valence-corrected chi connectivity index (χ0v) is 19.3. The molecule has 8 heteroatoms. The fourth-order valence-corrected chi connectivity index (χ4v) is 3.86. The summed E-state index contributed by atoms with van der Waals surface area (Å²) >= 11 is 11.1. The van der Waals surface area contributed by atoms with Crippen LogP contribution >= 0.6 is 39.3 Å². The minimum Gasteiger partial charge on any atom is -0.493 e. The molecular formula is C21H20BrClN2O3S. The first kappa shape index (κ1) is 21.7. The highest BCUT2D eigenvalue weighted by molar-refractivity contribution is 9.10. The number of amidine groups is 1. The first-order valence-electron chi connectivity index (χ1n) is 8.99. The average Bonchev–Trinajstić information content (AvgIpc) is 3.04. The van der Waals surface area contributed by atoms with Gasteiger partial charge in [0.15, 0.2) is 16.7 Å². The van der Waals surface area contributed by atoms with Gasteiger partial charge in [0.25, 0.3) is 5.91 Å². The number of nitrogens with one attached hydrogen (secondary N) is 1. The summed E-state index contributed by atoms with van der Waals surface area (Å²) in [6.07, 6.45) is 2.62. The van der Waals surface area contributed by atoms with Gasteiger partial charge in [0.05, 0.1) is 28.8 Å². The van der Waals surface area contributed by atoms with Crippen LogP contribution in [0.1, 0.15) is 25.8 Å². The maximum atomic E-state index is 12.3. The highest BCUT2D eigenvalue weighted by Crippen LogP contribution is 2.39. The van der Waals surface area contributed by atoms with Crippen LogP contribution in [0.5, 0.6) is 11.5 Å². The van der Waals surface area contributed by atoms with Crippen LogP contribution in [0.25, 0.3) is 6.08 Å². The lowest BCUT2D eigenvalue weighted by atomic mass is 10.1. The number of methoxy groups -OCH3 is 1. The molecule has 152 valence electrons. The number of halogens is 2. The number of hydrogen-bond donors (Lipinski definition) is 1. The number of rotatable bonds is 6. The van der Waals surface area contributed by atoms with Crippen LogP contribution in [0.2, 0.25) is 5.02 Å². The van der Waals surface area contributed by atoms with Crippen LogP contribution in [-0.2, 0) is 4.79 Å². The van der Waals surface area contributed by atoms with Crippen LogP contribution in [0.15, 0.2) is 50.8 Å². The summed E-state index contributed by atoms with van der Waals surface area (Å²) in [6.45, 7) is 4.00. The summed E-state index contributed by atoms with van der Waals surface area (Å²) in [7, 11) is 1.56. The van der Waals surface area contributed by atoms with Gasteiger partial charge in [-0.25, -0.2) is 4.99 Å². The zero-order chi connectivity index (χ0) is 21.0. The van der Waals surface area contributed by atoms with Gasteiger partial charge < -0.3 is 14.8 Å². The molecule has 0 saturated carbocycles. The molecule has 3 rings (SSSR count). The van der Waals surface area contributed by atoms with Crippen molar-refractivity contribution >= 4 is 62.1 Å². The molecule has 0 unspecified atom stereocenters. The second-order valence-electron chi connectivity index (χ2n) is 6.33. The molecule has 0 spiro atoms. The highest BCUT2D eigenvalue weighted by Gasteiger charge is 2.24. The van der Waals surface area contributed by atoms with E-state index < -0.39 is 0 Å². The number of nitrogens with zero attached hydrogens (tertiary/aromatic N) is 1.